The summed E-state index contributed by atoms with van der Waals surface area (Å²) in [6, 6.07) is 9.58. The topological polar surface area (TPSA) is 88.6 Å². The molecule has 0 unspecified atom stereocenters. The third kappa shape index (κ3) is 3.80. The monoisotopic (exact) mass is 329 g/mol. The molecule has 1 amide bonds. The molecule has 0 aliphatic heterocycles. The van der Waals surface area contributed by atoms with Crippen molar-refractivity contribution in [2.24, 2.45) is 0 Å². The highest BCUT2D eigenvalue weighted by molar-refractivity contribution is 5.94. The van der Waals surface area contributed by atoms with Crippen molar-refractivity contribution in [2.75, 3.05) is 0 Å². The van der Waals surface area contributed by atoms with E-state index in [2.05, 4.69) is 5.43 Å². The van der Waals surface area contributed by atoms with Crippen LogP contribution in [0.25, 0.3) is 0 Å². The summed E-state index contributed by atoms with van der Waals surface area (Å²) in [5.41, 5.74) is 3.44. The molecular formula is C17H19N3O4. The zero-order valence-corrected chi connectivity index (χ0v) is 13.2. The molecule has 1 fully saturated rings. The molecule has 0 atom stereocenters. The second kappa shape index (κ2) is 7.27. The van der Waals surface area contributed by atoms with Crippen LogP contribution in [-0.4, -0.2) is 21.9 Å². The number of rotatable bonds is 6. The first-order valence-electron chi connectivity index (χ1n) is 7.98. The van der Waals surface area contributed by atoms with Crippen molar-refractivity contribution in [2.45, 2.75) is 38.3 Å². The minimum atomic E-state index is -0.502. The number of benzene rings is 1. The molecule has 7 nitrogen and oxygen atoms in total. The molecule has 1 aliphatic rings. The quantitative estimate of drug-likeness (QED) is 0.649. The lowest BCUT2D eigenvalue weighted by molar-refractivity contribution is -0.384. The molecule has 7 heteroatoms. The molecule has 2 aromatic rings. The Morgan fingerprint density at radius 1 is 1.29 bits per heavy atom. The van der Waals surface area contributed by atoms with Gasteiger partial charge in [0.1, 0.15) is 5.76 Å². The second-order valence-corrected chi connectivity index (χ2v) is 5.89. The number of furan rings is 1. The Balaban J connectivity index is 1.81. The van der Waals surface area contributed by atoms with Gasteiger partial charge >= 0.3 is 0 Å². The first kappa shape index (κ1) is 16.2. The van der Waals surface area contributed by atoms with Gasteiger partial charge in [-0.2, -0.15) is 0 Å². The van der Waals surface area contributed by atoms with Gasteiger partial charge in [-0.05, 0) is 31.0 Å². The van der Waals surface area contributed by atoms with Gasteiger partial charge in [0.15, 0.2) is 0 Å². The fraction of sp³-hybridized carbons (Fsp3) is 0.353. The Morgan fingerprint density at radius 3 is 2.75 bits per heavy atom. The van der Waals surface area contributed by atoms with Gasteiger partial charge in [-0.3, -0.25) is 19.9 Å². The predicted octanol–water partition coefficient (Wildman–Crippen LogP) is 3.28. The Morgan fingerprint density at radius 2 is 2.08 bits per heavy atom. The number of hydrazine groups is 1. The van der Waals surface area contributed by atoms with E-state index in [-0.39, 0.29) is 29.7 Å². The first-order valence-corrected chi connectivity index (χ1v) is 7.98. The number of hydrogen-bond donors (Lipinski definition) is 1. The summed E-state index contributed by atoms with van der Waals surface area (Å²) in [5, 5.41) is 12.4. The van der Waals surface area contributed by atoms with Gasteiger partial charge in [0.2, 0.25) is 0 Å². The summed E-state index contributed by atoms with van der Waals surface area (Å²) < 4.78 is 5.33. The molecule has 0 spiro atoms. The van der Waals surface area contributed by atoms with Crippen LogP contribution in [0.1, 0.15) is 41.8 Å². The number of non-ortho nitro benzene ring substituents is 1. The maximum Gasteiger partial charge on any atom is 0.270 e. The molecule has 0 radical (unpaired) electrons. The van der Waals surface area contributed by atoms with Crippen LogP contribution in [0, 0.1) is 10.1 Å². The van der Waals surface area contributed by atoms with Crippen molar-refractivity contribution in [3.63, 3.8) is 0 Å². The SMILES string of the molecule is O=C(c1cccc([N+](=O)[O-])c1)N(Cc1ccco1)NC1CCCC1. The van der Waals surface area contributed by atoms with E-state index in [9.17, 15) is 14.9 Å². The largest absolute Gasteiger partial charge is 0.467 e. The minimum Gasteiger partial charge on any atom is -0.467 e. The number of nitrogens with zero attached hydrogens (tertiary/aromatic N) is 2. The van der Waals surface area contributed by atoms with Gasteiger partial charge < -0.3 is 4.42 Å². The van der Waals surface area contributed by atoms with E-state index in [1.54, 1.807) is 24.5 Å². The van der Waals surface area contributed by atoms with E-state index >= 15 is 0 Å². The molecule has 0 bridgehead atoms. The number of carbonyl (C=O) groups is 1. The molecule has 24 heavy (non-hydrogen) atoms. The van der Waals surface area contributed by atoms with Crippen molar-refractivity contribution < 1.29 is 14.1 Å². The molecule has 1 saturated carbocycles. The molecule has 1 N–H and O–H groups in total. The normalized spacial score (nSPS) is 14.7. The minimum absolute atomic E-state index is 0.0975. The lowest BCUT2D eigenvalue weighted by Crippen LogP contribution is -2.46. The Bertz CT molecular complexity index is 708. The van der Waals surface area contributed by atoms with E-state index in [0.29, 0.717) is 5.76 Å². The zero-order chi connectivity index (χ0) is 16.9. The van der Waals surface area contributed by atoms with Gasteiger partial charge in [0.05, 0.1) is 17.7 Å². The number of hydrogen-bond acceptors (Lipinski definition) is 5. The lowest BCUT2D eigenvalue weighted by atomic mass is 10.2. The molecule has 1 heterocycles. The standard InChI is InChI=1S/C17H19N3O4/c21-17(13-5-3-8-15(11-13)20(22)23)19(12-16-9-4-10-24-16)18-14-6-1-2-7-14/h3-5,8-11,14,18H,1-2,6-7,12H2. The van der Waals surface area contributed by atoms with E-state index in [4.69, 9.17) is 4.42 Å². The van der Waals surface area contributed by atoms with Crippen LogP contribution < -0.4 is 5.43 Å². The van der Waals surface area contributed by atoms with Crippen molar-refractivity contribution >= 4 is 11.6 Å². The van der Waals surface area contributed by atoms with Crippen LogP contribution in [0.4, 0.5) is 5.69 Å². The smallest absolute Gasteiger partial charge is 0.270 e. The fourth-order valence-electron chi connectivity index (χ4n) is 2.92. The van der Waals surface area contributed by atoms with Crippen molar-refractivity contribution in [1.29, 1.82) is 0 Å². The van der Waals surface area contributed by atoms with Crippen LogP contribution in [0.15, 0.2) is 47.1 Å². The molecule has 3 rings (SSSR count). The predicted molar refractivity (Wildman–Crippen MR) is 87.1 cm³/mol. The van der Waals surface area contributed by atoms with Crippen LogP contribution in [0.3, 0.4) is 0 Å². The molecule has 1 aromatic heterocycles. The summed E-state index contributed by atoms with van der Waals surface area (Å²) in [6.45, 7) is 0.269. The van der Waals surface area contributed by atoms with Crippen molar-refractivity contribution in [1.82, 2.24) is 10.4 Å². The summed E-state index contributed by atoms with van der Waals surface area (Å²) in [6.07, 6.45) is 5.85. The fourth-order valence-corrected chi connectivity index (χ4v) is 2.92. The number of nitro groups is 1. The summed E-state index contributed by atoms with van der Waals surface area (Å²) in [5.74, 6) is 0.348. The van der Waals surface area contributed by atoms with E-state index < -0.39 is 4.92 Å². The molecule has 0 saturated heterocycles. The molecule has 1 aromatic carbocycles. The summed E-state index contributed by atoms with van der Waals surface area (Å²) >= 11 is 0. The Hall–Kier alpha value is -2.67. The maximum atomic E-state index is 12.8. The van der Waals surface area contributed by atoms with Crippen LogP contribution >= 0.6 is 0 Å². The Kier molecular flexibility index (Phi) is 4.90. The highest BCUT2D eigenvalue weighted by Gasteiger charge is 2.24. The number of nitro benzene ring substituents is 1. The van der Waals surface area contributed by atoms with Crippen LogP contribution in [0.2, 0.25) is 0 Å². The van der Waals surface area contributed by atoms with Gasteiger partial charge in [0, 0.05) is 23.7 Å². The number of nitrogens with one attached hydrogen (secondary N) is 1. The third-order valence-corrected chi connectivity index (χ3v) is 4.14. The zero-order valence-electron chi connectivity index (χ0n) is 13.2. The summed E-state index contributed by atoms with van der Waals surface area (Å²) in [7, 11) is 0. The van der Waals surface area contributed by atoms with Gasteiger partial charge in [0.25, 0.3) is 11.6 Å². The molecular weight excluding hydrogens is 310 g/mol. The second-order valence-electron chi connectivity index (χ2n) is 5.89. The first-order chi connectivity index (χ1) is 11.6. The lowest BCUT2D eigenvalue weighted by Gasteiger charge is -2.26. The highest BCUT2D eigenvalue weighted by Crippen LogP contribution is 2.20. The van der Waals surface area contributed by atoms with Gasteiger partial charge in [-0.1, -0.05) is 18.9 Å². The molecule has 1 aliphatic carbocycles. The molecule has 126 valence electrons. The van der Waals surface area contributed by atoms with Crippen LogP contribution in [-0.2, 0) is 6.54 Å². The van der Waals surface area contributed by atoms with Gasteiger partial charge in [-0.15, -0.1) is 0 Å². The Labute approximate surface area is 139 Å². The third-order valence-electron chi connectivity index (χ3n) is 4.14. The average Bonchev–Trinajstić information content (AvgIpc) is 3.27. The summed E-state index contributed by atoms with van der Waals surface area (Å²) in [4.78, 5) is 23.3. The van der Waals surface area contributed by atoms with E-state index in [1.165, 1.54) is 23.2 Å². The van der Waals surface area contributed by atoms with Crippen molar-refractivity contribution in [3.05, 3.63) is 64.1 Å². The van der Waals surface area contributed by atoms with E-state index in [1.807, 2.05) is 0 Å². The highest BCUT2D eigenvalue weighted by atomic mass is 16.6. The van der Waals surface area contributed by atoms with Crippen molar-refractivity contribution in [3.8, 4) is 0 Å². The number of amides is 1. The number of carbonyl (C=O) groups excluding carboxylic acids is 1. The van der Waals surface area contributed by atoms with E-state index in [0.717, 1.165) is 25.7 Å². The maximum absolute atomic E-state index is 12.8. The average molecular weight is 329 g/mol. The van der Waals surface area contributed by atoms with Crippen LogP contribution in [0.5, 0.6) is 0 Å². The van der Waals surface area contributed by atoms with Gasteiger partial charge in [-0.25, -0.2) is 5.43 Å².